The smallest absolute Gasteiger partial charge is 0.220 e. The van der Waals surface area contributed by atoms with E-state index in [1.165, 1.54) is 12.8 Å². The number of piperidine rings is 1. The molecule has 1 rings (SSSR count). The van der Waals surface area contributed by atoms with Crippen molar-refractivity contribution in [3.05, 3.63) is 12.7 Å². The van der Waals surface area contributed by atoms with E-state index in [9.17, 15) is 4.79 Å². The van der Waals surface area contributed by atoms with Gasteiger partial charge in [-0.3, -0.25) is 4.79 Å². The molecule has 0 saturated carbocycles. The van der Waals surface area contributed by atoms with E-state index in [1.54, 1.807) is 0 Å². The minimum Gasteiger partial charge on any atom is -0.355 e. The van der Waals surface area contributed by atoms with Crippen LogP contribution in [0.1, 0.15) is 45.4 Å². The molecule has 0 aromatic rings. The fraction of sp³-hybridized carbons (Fsp3) is 0.769. The fourth-order valence-electron chi connectivity index (χ4n) is 2.19. The Bertz CT molecular complexity index is 218. The monoisotopic (exact) mass is 224 g/mol. The normalized spacial score (nSPS) is 22.6. The Balaban J connectivity index is 2.29. The number of nitrogens with one attached hydrogen (secondary N) is 2. The van der Waals surface area contributed by atoms with Gasteiger partial charge in [0.25, 0.3) is 0 Å². The predicted molar refractivity (Wildman–Crippen MR) is 67.3 cm³/mol. The molecule has 1 saturated heterocycles. The van der Waals surface area contributed by atoms with Gasteiger partial charge < -0.3 is 10.6 Å². The number of hydrogen-bond donors (Lipinski definition) is 2. The van der Waals surface area contributed by atoms with Crippen molar-refractivity contribution in [1.82, 2.24) is 10.6 Å². The van der Waals surface area contributed by atoms with Gasteiger partial charge in [0.1, 0.15) is 0 Å². The summed E-state index contributed by atoms with van der Waals surface area (Å²) in [5, 5.41) is 6.56. The Morgan fingerprint density at radius 3 is 3.00 bits per heavy atom. The highest BCUT2D eigenvalue weighted by molar-refractivity contribution is 5.76. The summed E-state index contributed by atoms with van der Waals surface area (Å²) in [6.07, 6.45) is 8.25. The van der Waals surface area contributed by atoms with E-state index in [0.29, 0.717) is 18.5 Å². The molecule has 92 valence electrons. The number of carbonyl (C=O) groups is 1. The first-order valence-corrected chi connectivity index (χ1v) is 6.40. The number of amides is 1. The van der Waals surface area contributed by atoms with Gasteiger partial charge in [-0.1, -0.05) is 19.4 Å². The third kappa shape index (κ3) is 4.79. The predicted octanol–water partition coefficient (Wildman–Crippen LogP) is 1.99. The molecule has 1 aliphatic heterocycles. The second-order valence-electron chi connectivity index (χ2n) is 4.56. The molecule has 0 aromatic heterocycles. The lowest BCUT2D eigenvalue weighted by molar-refractivity contribution is -0.122. The Hall–Kier alpha value is -0.830. The van der Waals surface area contributed by atoms with E-state index in [1.807, 2.05) is 6.08 Å². The van der Waals surface area contributed by atoms with Crippen molar-refractivity contribution < 1.29 is 4.79 Å². The summed E-state index contributed by atoms with van der Waals surface area (Å²) in [6.45, 7) is 6.76. The number of rotatable bonds is 7. The standard InChI is InChI=1S/C13H24N2O/c1-3-5-7-11(6-4-2)15-12-8-9-13(16)14-10-12/h3,11-12,15H,1,4-10H2,2H3,(H,14,16). The minimum absolute atomic E-state index is 0.191. The third-order valence-corrected chi connectivity index (χ3v) is 3.09. The SMILES string of the molecule is C=CCCC(CCC)NC1CCC(=O)NC1. The number of hydrogen-bond acceptors (Lipinski definition) is 2. The van der Waals surface area contributed by atoms with Gasteiger partial charge in [-0.2, -0.15) is 0 Å². The Morgan fingerprint density at radius 1 is 1.62 bits per heavy atom. The van der Waals surface area contributed by atoms with Crippen molar-refractivity contribution in [1.29, 1.82) is 0 Å². The van der Waals surface area contributed by atoms with Gasteiger partial charge in [0, 0.05) is 25.0 Å². The first-order chi connectivity index (χ1) is 7.76. The molecule has 3 heteroatoms. The van der Waals surface area contributed by atoms with Crippen LogP contribution in [0.15, 0.2) is 12.7 Å². The van der Waals surface area contributed by atoms with Crippen molar-refractivity contribution in [2.45, 2.75) is 57.5 Å². The van der Waals surface area contributed by atoms with Crippen molar-refractivity contribution >= 4 is 5.91 Å². The summed E-state index contributed by atoms with van der Waals surface area (Å²) in [4.78, 5) is 11.0. The molecule has 1 amide bonds. The third-order valence-electron chi connectivity index (χ3n) is 3.09. The number of carbonyl (C=O) groups excluding carboxylic acids is 1. The van der Waals surface area contributed by atoms with Crippen LogP contribution in [0.4, 0.5) is 0 Å². The lowest BCUT2D eigenvalue weighted by Crippen LogP contribution is -2.49. The van der Waals surface area contributed by atoms with Gasteiger partial charge in [-0.05, 0) is 25.7 Å². The summed E-state index contributed by atoms with van der Waals surface area (Å²) in [6, 6.07) is 1.03. The molecule has 1 fully saturated rings. The molecule has 0 bridgehead atoms. The van der Waals surface area contributed by atoms with Crippen LogP contribution in [0, 0.1) is 0 Å². The minimum atomic E-state index is 0.191. The van der Waals surface area contributed by atoms with E-state index in [-0.39, 0.29) is 5.91 Å². The molecular weight excluding hydrogens is 200 g/mol. The van der Waals surface area contributed by atoms with Crippen LogP contribution in [0.3, 0.4) is 0 Å². The molecule has 2 unspecified atom stereocenters. The molecule has 16 heavy (non-hydrogen) atoms. The highest BCUT2D eigenvalue weighted by Gasteiger charge is 2.20. The van der Waals surface area contributed by atoms with E-state index >= 15 is 0 Å². The zero-order valence-electron chi connectivity index (χ0n) is 10.3. The van der Waals surface area contributed by atoms with Crippen LogP contribution in [-0.4, -0.2) is 24.5 Å². The van der Waals surface area contributed by atoms with Crippen LogP contribution >= 0.6 is 0 Å². The first-order valence-electron chi connectivity index (χ1n) is 6.40. The summed E-state index contributed by atoms with van der Waals surface area (Å²) in [5.74, 6) is 0.191. The van der Waals surface area contributed by atoms with E-state index in [2.05, 4.69) is 24.1 Å². The van der Waals surface area contributed by atoms with Gasteiger partial charge in [0.05, 0.1) is 0 Å². The Morgan fingerprint density at radius 2 is 2.44 bits per heavy atom. The molecule has 2 atom stereocenters. The molecule has 0 spiro atoms. The van der Waals surface area contributed by atoms with E-state index in [4.69, 9.17) is 0 Å². The highest BCUT2D eigenvalue weighted by Crippen LogP contribution is 2.10. The topological polar surface area (TPSA) is 41.1 Å². The molecule has 1 heterocycles. The van der Waals surface area contributed by atoms with Crippen LogP contribution in [0.5, 0.6) is 0 Å². The van der Waals surface area contributed by atoms with Crippen LogP contribution in [0.25, 0.3) is 0 Å². The second kappa shape index (κ2) is 7.44. The van der Waals surface area contributed by atoms with Gasteiger partial charge in [0.2, 0.25) is 5.91 Å². The van der Waals surface area contributed by atoms with Gasteiger partial charge in [-0.25, -0.2) is 0 Å². The molecule has 1 aliphatic rings. The second-order valence-corrected chi connectivity index (χ2v) is 4.56. The van der Waals surface area contributed by atoms with E-state index < -0.39 is 0 Å². The zero-order valence-corrected chi connectivity index (χ0v) is 10.3. The van der Waals surface area contributed by atoms with Crippen LogP contribution in [0.2, 0.25) is 0 Å². The molecule has 0 aromatic carbocycles. The van der Waals surface area contributed by atoms with Crippen molar-refractivity contribution in [2.24, 2.45) is 0 Å². The summed E-state index contributed by atoms with van der Waals surface area (Å²) < 4.78 is 0. The van der Waals surface area contributed by atoms with Crippen molar-refractivity contribution in [3.63, 3.8) is 0 Å². The zero-order chi connectivity index (χ0) is 11.8. The fourth-order valence-corrected chi connectivity index (χ4v) is 2.19. The molecule has 0 aliphatic carbocycles. The molecule has 2 N–H and O–H groups in total. The lowest BCUT2D eigenvalue weighted by atomic mass is 10.0. The maximum Gasteiger partial charge on any atom is 0.220 e. The van der Waals surface area contributed by atoms with E-state index in [0.717, 1.165) is 25.8 Å². The average molecular weight is 224 g/mol. The van der Waals surface area contributed by atoms with Gasteiger partial charge in [0.15, 0.2) is 0 Å². The lowest BCUT2D eigenvalue weighted by Gasteiger charge is -2.28. The number of allylic oxidation sites excluding steroid dienone is 1. The van der Waals surface area contributed by atoms with Crippen molar-refractivity contribution in [3.8, 4) is 0 Å². The van der Waals surface area contributed by atoms with Gasteiger partial charge in [-0.15, -0.1) is 6.58 Å². The highest BCUT2D eigenvalue weighted by atomic mass is 16.1. The molecule has 3 nitrogen and oxygen atoms in total. The Kier molecular flexibility index (Phi) is 6.16. The van der Waals surface area contributed by atoms with Crippen molar-refractivity contribution in [2.75, 3.05) is 6.54 Å². The van der Waals surface area contributed by atoms with Crippen LogP contribution < -0.4 is 10.6 Å². The first kappa shape index (κ1) is 13.2. The molecular formula is C13H24N2O. The summed E-state index contributed by atoms with van der Waals surface area (Å²) in [7, 11) is 0. The summed E-state index contributed by atoms with van der Waals surface area (Å²) >= 11 is 0. The van der Waals surface area contributed by atoms with Crippen LogP contribution in [-0.2, 0) is 4.79 Å². The maximum atomic E-state index is 11.0. The maximum absolute atomic E-state index is 11.0. The average Bonchev–Trinajstić information content (AvgIpc) is 2.29. The largest absolute Gasteiger partial charge is 0.355 e. The van der Waals surface area contributed by atoms with Gasteiger partial charge >= 0.3 is 0 Å². The molecule has 0 radical (unpaired) electrons. The Labute approximate surface area is 98.7 Å². The summed E-state index contributed by atoms with van der Waals surface area (Å²) in [5.41, 5.74) is 0. The quantitative estimate of drug-likeness (QED) is 0.649.